The highest BCUT2D eigenvalue weighted by molar-refractivity contribution is 6.17. The lowest BCUT2D eigenvalue weighted by Crippen LogP contribution is -2.10. The average molecular weight is 624 g/mol. The van der Waals surface area contributed by atoms with Gasteiger partial charge in [-0.25, -0.2) is 0 Å². The molecule has 230 valence electrons. The fraction of sp³-hybridized carbons (Fsp3) is 0. The molecule has 0 bridgehead atoms. The van der Waals surface area contributed by atoms with Crippen molar-refractivity contribution in [3.8, 4) is 33.4 Å². The first kappa shape index (κ1) is 28.8. The molecule has 0 saturated carbocycles. The van der Waals surface area contributed by atoms with E-state index < -0.39 is 0 Å². The zero-order valence-corrected chi connectivity index (χ0v) is 27.0. The molecular weight excluding hydrogens is 591 g/mol. The minimum absolute atomic E-state index is 1.11. The minimum Gasteiger partial charge on any atom is -0.310 e. The molecule has 1 nitrogen and oxygen atoms in total. The molecule has 0 aliphatic heterocycles. The Hall–Kier alpha value is -6.44. The van der Waals surface area contributed by atoms with Gasteiger partial charge < -0.3 is 4.90 Å². The Labute approximate surface area is 287 Å². The van der Waals surface area contributed by atoms with Crippen LogP contribution in [-0.2, 0) is 0 Å². The summed E-state index contributed by atoms with van der Waals surface area (Å²) in [5.41, 5.74) is 10.6. The molecule has 0 saturated heterocycles. The molecule has 1 heteroatoms. The molecule has 0 aliphatic carbocycles. The lowest BCUT2D eigenvalue weighted by Gasteiger charge is -2.27. The topological polar surface area (TPSA) is 3.24 Å². The second-order valence-corrected chi connectivity index (χ2v) is 12.6. The van der Waals surface area contributed by atoms with E-state index in [-0.39, 0.29) is 0 Å². The van der Waals surface area contributed by atoms with Gasteiger partial charge in [0.15, 0.2) is 0 Å². The third kappa shape index (κ3) is 5.32. The standard InChI is InChI=1S/C48H33N/c1-4-12-34(13-5-1)35-20-24-40(25-21-35)49(42-27-30-44(36-14-6-2-7-15-36)48(33-42)37-16-8-3-9-17-37)41-26-31-45-39(32-41)23-29-46-43-19-11-10-18-38(43)22-28-47(45)46/h1-33H. The molecule has 0 spiro atoms. The van der Waals surface area contributed by atoms with E-state index in [1.54, 1.807) is 0 Å². The van der Waals surface area contributed by atoms with Gasteiger partial charge in [0, 0.05) is 17.1 Å². The minimum atomic E-state index is 1.11. The van der Waals surface area contributed by atoms with Crippen LogP contribution in [0.15, 0.2) is 200 Å². The van der Waals surface area contributed by atoms with Gasteiger partial charge >= 0.3 is 0 Å². The highest BCUT2D eigenvalue weighted by Gasteiger charge is 2.17. The van der Waals surface area contributed by atoms with Crippen LogP contribution in [-0.4, -0.2) is 0 Å². The van der Waals surface area contributed by atoms with Crippen molar-refractivity contribution in [1.29, 1.82) is 0 Å². The Bertz CT molecular complexity index is 2570. The number of nitrogens with zero attached hydrogens (tertiary/aromatic N) is 1. The molecule has 0 amide bonds. The molecule has 0 aromatic heterocycles. The van der Waals surface area contributed by atoms with Crippen molar-refractivity contribution in [3.63, 3.8) is 0 Å². The third-order valence-corrected chi connectivity index (χ3v) is 9.65. The van der Waals surface area contributed by atoms with E-state index in [0.717, 1.165) is 17.1 Å². The van der Waals surface area contributed by atoms with Crippen molar-refractivity contribution in [2.24, 2.45) is 0 Å². The first-order valence-electron chi connectivity index (χ1n) is 16.8. The van der Waals surface area contributed by atoms with Crippen LogP contribution >= 0.6 is 0 Å². The maximum Gasteiger partial charge on any atom is 0.0468 e. The Kier molecular flexibility index (Phi) is 7.22. The highest BCUT2D eigenvalue weighted by Crippen LogP contribution is 2.42. The molecular formula is C48H33N. The molecule has 0 fully saturated rings. The molecule has 9 aromatic carbocycles. The maximum atomic E-state index is 2.39. The lowest BCUT2D eigenvalue weighted by atomic mass is 9.93. The Morgan fingerprint density at radius 1 is 0.245 bits per heavy atom. The number of benzene rings is 9. The van der Waals surface area contributed by atoms with Crippen molar-refractivity contribution in [1.82, 2.24) is 0 Å². The average Bonchev–Trinajstić information content (AvgIpc) is 3.19. The summed E-state index contributed by atoms with van der Waals surface area (Å²) in [6.07, 6.45) is 0. The molecule has 0 atom stereocenters. The summed E-state index contributed by atoms with van der Waals surface area (Å²) in [6, 6.07) is 72.4. The van der Waals surface area contributed by atoms with Crippen LogP contribution in [0, 0.1) is 0 Å². The van der Waals surface area contributed by atoms with Gasteiger partial charge in [0.25, 0.3) is 0 Å². The van der Waals surface area contributed by atoms with E-state index in [1.807, 2.05) is 0 Å². The summed E-state index contributed by atoms with van der Waals surface area (Å²) in [7, 11) is 0. The number of fused-ring (bicyclic) bond motifs is 5. The summed E-state index contributed by atoms with van der Waals surface area (Å²) in [4.78, 5) is 2.39. The Morgan fingerprint density at radius 2 is 0.714 bits per heavy atom. The summed E-state index contributed by atoms with van der Waals surface area (Å²) in [5.74, 6) is 0. The van der Waals surface area contributed by atoms with Gasteiger partial charge in [-0.2, -0.15) is 0 Å². The van der Waals surface area contributed by atoms with Gasteiger partial charge in [0.1, 0.15) is 0 Å². The van der Waals surface area contributed by atoms with Gasteiger partial charge in [-0.3, -0.25) is 0 Å². The summed E-state index contributed by atoms with van der Waals surface area (Å²) in [6.45, 7) is 0. The van der Waals surface area contributed by atoms with E-state index in [0.29, 0.717) is 0 Å². The Morgan fingerprint density at radius 3 is 1.41 bits per heavy atom. The normalized spacial score (nSPS) is 11.3. The SMILES string of the molecule is c1ccc(-c2ccc(N(c3ccc(-c4ccccc4)c(-c4ccccc4)c3)c3ccc4c(ccc5c6ccccc6ccc45)c3)cc2)cc1. The predicted octanol–water partition coefficient (Wildman–Crippen LogP) is 13.6. The van der Waals surface area contributed by atoms with Crippen LogP contribution in [0.1, 0.15) is 0 Å². The van der Waals surface area contributed by atoms with Gasteiger partial charge in [0.2, 0.25) is 0 Å². The summed E-state index contributed by atoms with van der Waals surface area (Å²) >= 11 is 0. The summed E-state index contributed by atoms with van der Waals surface area (Å²) < 4.78 is 0. The molecule has 0 aliphatic rings. The zero-order chi connectivity index (χ0) is 32.6. The van der Waals surface area contributed by atoms with Crippen LogP contribution < -0.4 is 4.90 Å². The zero-order valence-electron chi connectivity index (χ0n) is 27.0. The lowest BCUT2D eigenvalue weighted by molar-refractivity contribution is 1.29. The number of rotatable bonds is 6. The Balaban J connectivity index is 1.23. The van der Waals surface area contributed by atoms with Crippen LogP contribution in [0.4, 0.5) is 17.1 Å². The third-order valence-electron chi connectivity index (χ3n) is 9.65. The van der Waals surface area contributed by atoms with Gasteiger partial charge in [0.05, 0.1) is 0 Å². The van der Waals surface area contributed by atoms with Crippen molar-refractivity contribution >= 4 is 49.4 Å². The van der Waals surface area contributed by atoms with Crippen molar-refractivity contribution in [2.75, 3.05) is 4.90 Å². The monoisotopic (exact) mass is 623 g/mol. The number of hydrogen-bond donors (Lipinski definition) is 0. The highest BCUT2D eigenvalue weighted by atomic mass is 15.1. The van der Waals surface area contributed by atoms with E-state index in [1.165, 1.54) is 65.7 Å². The van der Waals surface area contributed by atoms with Crippen LogP contribution in [0.2, 0.25) is 0 Å². The molecule has 9 rings (SSSR count). The number of anilines is 3. The van der Waals surface area contributed by atoms with E-state index in [9.17, 15) is 0 Å². The first-order valence-corrected chi connectivity index (χ1v) is 16.8. The molecule has 0 heterocycles. The van der Waals surface area contributed by atoms with Gasteiger partial charge in [-0.1, -0.05) is 164 Å². The van der Waals surface area contributed by atoms with Crippen LogP contribution in [0.5, 0.6) is 0 Å². The molecule has 9 aromatic rings. The van der Waals surface area contributed by atoms with Crippen molar-refractivity contribution < 1.29 is 0 Å². The second kappa shape index (κ2) is 12.3. The van der Waals surface area contributed by atoms with E-state index >= 15 is 0 Å². The molecule has 0 radical (unpaired) electrons. The maximum absolute atomic E-state index is 2.39. The smallest absolute Gasteiger partial charge is 0.0468 e. The van der Waals surface area contributed by atoms with E-state index in [4.69, 9.17) is 0 Å². The van der Waals surface area contributed by atoms with Crippen LogP contribution in [0.3, 0.4) is 0 Å². The summed E-state index contributed by atoms with van der Waals surface area (Å²) in [5, 5.41) is 7.60. The predicted molar refractivity (Wildman–Crippen MR) is 210 cm³/mol. The van der Waals surface area contributed by atoms with Crippen molar-refractivity contribution in [2.45, 2.75) is 0 Å². The van der Waals surface area contributed by atoms with E-state index in [2.05, 4.69) is 205 Å². The second-order valence-electron chi connectivity index (χ2n) is 12.6. The van der Waals surface area contributed by atoms with Gasteiger partial charge in [-0.15, -0.1) is 0 Å². The first-order chi connectivity index (χ1) is 24.3. The van der Waals surface area contributed by atoms with Gasteiger partial charge in [-0.05, 0) is 102 Å². The molecule has 0 N–H and O–H groups in total. The van der Waals surface area contributed by atoms with Crippen molar-refractivity contribution in [3.05, 3.63) is 200 Å². The van der Waals surface area contributed by atoms with Crippen LogP contribution in [0.25, 0.3) is 65.7 Å². The largest absolute Gasteiger partial charge is 0.310 e. The number of hydrogen-bond acceptors (Lipinski definition) is 1. The fourth-order valence-corrected chi connectivity index (χ4v) is 7.23. The molecule has 49 heavy (non-hydrogen) atoms. The quantitative estimate of drug-likeness (QED) is 0.167. The molecule has 0 unspecified atom stereocenters. The fourth-order valence-electron chi connectivity index (χ4n) is 7.23.